The van der Waals surface area contributed by atoms with Crippen molar-refractivity contribution in [1.82, 2.24) is 15.1 Å². The van der Waals surface area contributed by atoms with Crippen molar-refractivity contribution >= 4 is 40.6 Å². The van der Waals surface area contributed by atoms with Gasteiger partial charge in [-0.3, -0.25) is 9.48 Å². The standard InChI is InChI=1S/C18H23ClN6O4/c19-13-1-2-16(24-4-7-29-8-5-24)15(9-13)23-18(28)22-14-10-21-25(11-14)12-17(27)20-3-6-26/h1-2,9-11,26H,3-8,12H2,(H,20,27)(H2,22,23,28). The highest BCUT2D eigenvalue weighted by molar-refractivity contribution is 6.31. The first-order valence-corrected chi connectivity index (χ1v) is 9.53. The largest absolute Gasteiger partial charge is 0.395 e. The zero-order valence-electron chi connectivity index (χ0n) is 15.7. The van der Waals surface area contributed by atoms with E-state index in [1.165, 1.54) is 10.9 Å². The van der Waals surface area contributed by atoms with Crippen molar-refractivity contribution in [2.75, 3.05) is 55.0 Å². The maximum atomic E-state index is 12.4. The lowest BCUT2D eigenvalue weighted by molar-refractivity contribution is -0.122. The molecule has 1 aliphatic rings. The van der Waals surface area contributed by atoms with Gasteiger partial charge in [0.2, 0.25) is 5.91 Å². The minimum Gasteiger partial charge on any atom is -0.395 e. The van der Waals surface area contributed by atoms with E-state index in [0.717, 1.165) is 18.8 Å². The SMILES string of the molecule is O=C(Cn1cc(NC(=O)Nc2cc(Cl)ccc2N2CCOCC2)cn1)NCCO. The first-order chi connectivity index (χ1) is 14.0. The predicted molar refractivity (Wildman–Crippen MR) is 109 cm³/mol. The molecule has 3 amide bonds. The van der Waals surface area contributed by atoms with Crippen LogP contribution < -0.4 is 20.9 Å². The molecule has 0 unspecified atom stereocenters. The number of carbonyl (C=O) groups excluding carboxylic acids is 2. The number of urea groups is 1. The van der Waals surface area contributed by atoms with E-state index in [2.05, 4.69) is 25.9 Å². The molecule has 11 heteroatoms. The summed E-state index contributed by atoms with van der Waals surface area (Å²) in [6.07, 6.45) is 2.98. The van der Waals surface area contributed by atoms with E-state index in [0.29, 0.717) is 29.6 Å². The monoisotopic (exact) mass is 422 g/mol. The van der Waals surface area contributed by atoms with Crippen LogP contribution in [0.2, 0.25) is 5.02 Å². The van der Waals surface area contributed by atoms with E-state index in [1.54, 1.807) is 18.3 Å². The van der Waals surface area contributed by atoms with Crippen LogP contribution in [0, 0.1) is 0 Å². The Kier molecular flexibility index (Phi) is 7.28. The number of aromatic nitrogens is 2. The molecule has 0 radical (unpaired) electrons. The van der Waals surface area contributed by atoms with Crippen molar-refractivity contribution in [2.24, 2.45) is 0 Å². The third-order valence-electron chi connectivity index (χ3n) is 4.19. The minimum atomic E-state index is -0.453. The predicted octanol–water partition coefficient (Wildman–Crippen LogP) is 1.13. The molecule has 3 rings (SSSR count). The quantitative estimate of drug-likeness (QED) is 0.530. The van der Waals surface area contributed by atoms with Crippen molar-refractivity contribution in [2.45, 2.75) is 6.54 Å². The van der Waals surface area contributed by atoms with Crippen molar-refractivity contribution in [3.05, 3.63) is 35.6 Å². The smallest absolute Gasteiger partial charge is 0.323 e. The van der Waals surface area contributed by atoms with E-state index in [1.807, 2.05) is 6.07 Å². The fourth-order valence-electron chi connectivity index (χ4n) is 2.89. The molecule has 29 heavy (non-hydrogen) atoms. The Labute approximate surface area is 172 Å². The molecule has 1 saturated heterocycles. The highest BCUT2D eigenvalue weighted by atomic mass is 35.5. The van der Waals surface area contributed by atoms with E-state index < -0.39 is 6.03 Å². The molecule has 0 aliphatic carbocycles. The molecule has 1 fully saturated rings. The molecule has 156 valence electrons. The van der Waals surface area contributed by atoms with Gasteiger partial charge in [0.15, 0.2) is 0 Å². The normalized spacial score (nSPS) is 13.8. The molecule has 4 N–H and O–H groups in total. The zero-order chi connectivity index (χ0) is 20.6. The van der Waals surface area contributed by atoms with E-state index in [-0.39, 0.29) is 25.6 Å². The van der Waals surface area contributed by atoms with Crippen LogP contribution in [0.4, 0.5) is 21.9 Å². The number of anilines is 3. The van der Waals surface area contributed by atoms with Gasteiger partial charge in [-0.1, -0.05) is 11.6 Å². The van der Waals surface area contributed by atoms with Gasteiger partial charge in [-0.2, -0.15) is 5.10 Å². The molecule has 0 saturated carbocycles. The number of rotatable bonds is 7. The Balaban J connectivity index is 1.61. The van der Waals surface area contributed by atoms with Gasteiger partial charge in [-0.25, -0.2) is 4.79 Å². The van der Waals surface area contributed by atoms with Crippen LogP contribution in [-0.2, 0) is 16.1 Å². The molecule has 2 heterocycles. The van der Waals surface area contributed by atoms with Crippen LogP contribution in [0.15, 0.2) is 30.6 Å². The van der Waals surface area contributed by atoms with Gasteiger partial charge in [0, 0.05) is 30.9 Å². The molecule has 1 aromatic heterocycles. The maximum absolute atomic E-state index is 12.4. The number of aliphatic hydroxyl groups is 1. The number of carbonyl (C=O) groups is 2. The van der Waals surface area contributed by atoms with Crippen molar-refractivity contribution in [3.63, 3.8) is 0 Å². The average Bonchev–Trinajstić information content (AvgIpc) is 3.13. The summed E-state index contributed by atoms with van der Waals surface area (Å²) in [6.45, 7) is 2.73. The Bertz CT molecular complexity index is 853. The number of halogens is 1. The van der Waals surface area contributed by atoms with Crippen LogP contribution in [-0.4, -0.2) is 66.3 Å². The topological polar surface area (TPSA) is 121 Å². The first kappa shape index (κ1) is 20.9. The second-order valence-electron chi connectivity index (χ2n) is 6.34. The van der Waals surface area contributed by atoms with Crippen LogP contribution in [0.25, 0.3) is 0 Å². The third kappa shape index (κ3) is 6.08. The summed E-state index contributed by atoms with van der Waals surface area (Å²) in [4.78, 5) is 26.2. The summed E-state index contributed by atoms with van der Waals surface area (Å²) in [7, 11) is 0. The number of morpholine rings is 1. The van der Waals surface area contributed by atoms with Gasteiger partial charge in [-0.15, -0.1) is 0 Å². The number of hydrogen-bond acceptors (Lipinski definition) is 6. The number of amides is 3. The van der Waals surface area contributed by atoms with Gasteiger partial charge in [0.1, 0.15) is 6.54 Å². The van der Waals surface area contributed by atoms with E-state index >= 15 is 0 Å². The molecular weight excluding hydrogens is 400 g/mol. The highest BCUT2D eigenvalue weighted by Crippen LogP contribution is 2.30. The van der Waals surface area contributed by atoms with Crippen LogP contribution >= 0.6 is 11.6 Å². The lowest BCUT2D eigenvalue weighted by Gasteiger charge is -2.30. The molecule has 0 atom stereocenters. The van der Waals surface area contributed by atoms with Crippen LogP contribution in [0.3, 0.4) is 0 Å². The first-order valence-electron chi connectivity index (χ1n) is 9.15. The lowest BCUT2D eigenvalue weighted by atomic mass is 10.2. The fourth-order valence-corrected chi connectivity index (χ4v) is 3.06. The number of aliphatic hydroxyl groups excluding tert-OH is 1. The van der Waals surface area contributed by atoms with Gasteiger partial charge in [-0.05, 0) is 18.2 Å². The van der Waals surface area contributed by atoms with Gasteiger partial charge < -0.3 is 30.7 Å². The second-order valence-corrected chi connectivity index (χ2v) is 6.78. The molecule has 1 aromatic carbocycles. The van der Waals surface area contributed by atoms with Gasteiger partial charge >= 0.3 is 6.03 Å². The van der Waals surface area contributed by atoms with Crippen LogP contribution in [0.1, 0.15) is 0 Å². The lowest BCUT2D eigenvalue weighted by Crippen LogP contribution is -2.37. The summed E-state index contributed by atoms with van der Waals surface area (Å²) in [5.41, 5.74) is 1.89. The Morgan fingerprint density at radius 1 is 1.24 bits per heavy atom. The molecule has 1 aliphatic heterocycles. The zero-order valence-corrected chi connectivity index (χ0v) is 16.5. The summed E-state index contributed by atoms with van der Waals surface area (Å²) in [5.74, 6) is -0.285. The van der Waals surface area contributed by atoms with Gasteiger partial charge in [0.25, 0.3) is 0 Å². The second kappa shape index (κ2) is 10.1. The van der Waals surface area contributed by atoms with E-state index in [4.69, 9.17) is 21.4 Å². The number of hydrogen-bond donors (Lipinski definition) is 4. The number of benzene rings is 1. The molecule has 2 aromatic rings. The Morgan fingerprint density at radius 2 is 2.03 bits per heavy atom. The van der Waals surface area contributed by atoms with Crippen molar-refractivity contribution in [1.29, 1.82) is 0 Å². The minimum absolute atomic E-state index is 0.0151. The Hall–Kier alpha value is -2.82. The summed E-state index contributed by atoms with van der Waals surface area (Å²) < 4.78 is 6.77. The number of nitrogens with zero attached hydrogens (tertiary/aromatic N) is 3. The van der Waals surface area contributed by atoms with E-state index in [9.17, 15) is 9.59 Å². The van der Waals surface area contributed by atoms with Crippen LogP contribution in [0.5, 0.6) is 0 Å². The molecule has 0 spiro atoms. The third-order valence-corrected chi connectivity index (χ3v) is 4.42. The molecule has 0 bridgehead atoms. The highest BCUT2D eigenvalue weighted by Gasteiger charge is 2.17. The molecule has 10 nitrogen and oxygen atoms in total. The average molecular weight is 423 g/mol. The Morgan fingerprint density at radius 3 is 2.79 bits per heavy atom. The number of nitrogens with one attached hydrogen (secondary N) is 3. The fraction of sp³-hybridized carbons (Fsp3) is 0.389. The van der Waals surface area contributed by atoms with Gasteiger partial charge in [0.05, 0.1) is 43.1 Å². The van der Waals surface area contributed by atoms with Crippen molar-refractivity contribution in [3.8, 4) is 0 Å². The van der Waals surface area contributed by atoms with Crippen molar-refractivity contribution < 1.29 is 19.4 Å². The summed E-state index contributed by atoms with van der Waals surface area (Å²) >= 11 is 6.11. The molecular formula is C18H23ClN6O4. The summed E-state index contributed by atoms with van der Waals surface area (Å²) in [6, 6.07) is 4.89. The summed E-state index contributed by atoms with van der Waals surface area (Å²) in [5, 5.41) is 21.3. The number of ether oxygens (including phenoxy) is 1. The maximum Gasteiger partial charge on any atom is 0.323 e.